The molecule has 0 aromatic heterocycles. The molecule has 2 aliphatic rings. The Morgan fingerprint density at radius 1 is 1.31 bits per heavy atom. The van der Waals surface area contributed by atoms with Crippen molar-refractivity contribution in [2.24, 2.45) is 17.1 Å². The van der Waals surface area contributed by atoms with Gasteiger partial charge in [-0.1, -0.05) is 20.3 Å². The molecular weight excluding hydrogens is 196 g/mol. The molecule has 0 radical (unpaired) electrons. The van der Waals surface area contributed by atoms with Gasteiger partial charge < -0.3 is 5.73 Å². The summed E-state index contributed by atoms with van der Waals surface area (Å²) in [5, 5.41) is 0. The Bertz CT molecular complexity index is 229. The fourth-order valence-electron chi connectivity index (χ4n) is 3.43. The van der Waals surface area contributed by atoms with Crippen LogP contribution < -0.4 is 5.73 Å². The van der Waals surface area contributed by atoms with E-state index in [1.807, 2.05) is 0 Å². The summed E-state index contributed by atoms with van der Waals surface area (Å²) >= 11 is 0. The summed E-state index contributed by atoms with van der Waals surface area (Å²) in [7, 11) is 0. The smallest absolute Gasteiger partial charge is 0.0108 e. The van der Waals surface area contributed by atoms with Gasteiger partial charge in [0.2, 0.25) is 0 Å². The van der Waals surface area contributed by atoms with Crippen LogP contribution in [0.5, 0.6) is 0 Å². The van der Waals surface area contributed by atoms with Gasteiger partial charge in [0.15, 0.2) is 0 Å². The first-order valence-corrected chi connectivity index (χ1v) is 7.07. The van der Waals surface area contributed by atoms with E-state index in [4.69, 9.17) is 5.73 Å². The Morgan fingerprint density at radius 2 is 2.00 bits per heavy atom. The maximum absolute atomic E-state index is 6.15. The van der Waals surface area contributed by atoms with E-state index in [1.165, 1.54) is 45.2 Å². The molecule has 1 saturated carbocycles. The highest BCUT2D eigenvalue weighted by Gasteiger charge is 2.40. The quantitative estimate of drug-likeness (QED) is 0.798. The molecule has 2 heteroatoms. The van der Waals surface area contributed by atoms with E-state index in [1.54, 1.807) is 0 Å². The van der Waals surface area contributed by atoms with Crippen LogP contribution in [0, 0.1) is 11.3 Å². The summed E-state index contributed by atoms with van der Waals surface area (Å²) in [6, 6.07) is 1.10. The summed E-state index contributed by atoms with van der Waals surface area (Å²) in [6.07, 6.45) is 6.90. The Labute approximate surface area is 101 Å². The molecule has 94 valence electrons. The second kappa shape index (κ2) is 4.66. The van der Waals surface area contributed by atoms with Crippen molar-refractivity contribution in [1.29, 1.82) is 0 Å². The highest BCUT2D eigenvalue weighted by atomic mass is 15.2. The van der Waals surface area contributed by atoms with Gasteiger partial charge in [-0.2, -0.15) is 0 Å². The normalized spacial score (nSPS) is 39.4. The molecule has 0 aromatic carbocycles. The Morgan fingerprint density at radius 3 is 2.50 bits per heavy atom. The minimum Gasteiger partial charge on any atom is -0.327 e. The van der Waals surface area contributed by atoms with Crippen molar-refractivity contribution in [2.75, 3.05) is 13.1 Å². The van der Waals surface area contributed by atoms with Crippen LogP contribution in [0.2, 0.25) is 0 Å². The zero-order valence-corrected chi connectivity index (χ0v) is 11.2. The van der Waals surface area contributed by atoms with Gasteiger partial charge >= 0.3 is 0 Å². The minimum atomic E-state index is 0.421. The lowest BCUT2D eigenvalue weighted by atomic mass is 9.66. The molecule has 2 rings (SSSR count). The topological polar surface area (TPSA) is 29.3 Å². The molecule has 0 bridgehead atoms. The number of nitrogens with zero attached hydrogens (tertiary/aromatic N) is 1. The third-order valence-electron chi connectivity index (χ3n) is 5.46. The summed E-state index contributed by atoms with van der Waals surface area (Å²) in [6.45, 7) is 9.59. The average Bonchev–Trinajstić information content (AvgIpc) is 2.23. The second-order valence-electron chi connectivity index (χ2n) is 6.23. The molecule has 2 fully saturated rings. The SMILES string of the molecule is CCC1(CN2CCC(N)C(C)C2C)CCC1. The lowest BCUT2D eigenvalue weighted by Gasteiger charge is -2.50. The molecule has 0 amide bonds. The number of likely N-dealkylation sites (tertiary alicyclic amines) is 1. The molecule has 1 saturated heterocycles. The van der Waals surface area contributed by atoms with Crippen LogP contribution in [0.4, 0.5) is 0 Å². The Kier molecular flexibility index (Phi) is 3.60. The highest BCUT2D eigenvalue weighted by Crippen LogP contribution is 2.45. The van der Waals surface area contributed by atoms with Gasteiger partial charge in [0, 0.05) is 18.6 Å². The van der Waals surface area contributed by atoms with Gasteiger partial charge in [-0.3, -0.25) is 4.90 Å². The standard InChI is InChI=1S/C14H28N2/c1-4-14(7-5-8-14)10-16-9-6-13(15)11(2)12(16)3/h11-13H,4-10,15H2,1-3H3. The van der Waals surface area contributed by atoms with E-state index >= 15 is 0 Å². The number of hydrogen-bond acceptors (Lipinski definition) is 2. The number of piperidine rings is 1. The van der Waals surface area contributed by atoms with Crippen LogP contribution in [0.25, 0.3) is 0 Å². The van der Waals surface area contributed by atoms with Crippen LogP contribution in [0.3, 0.4) is 0 Å². The second-order valence-corrected chi connectivity index (χ2v) is 6.23. The number of hydrogen-bond donors (Lipinski definition) is 1. The van der Waals surface area contributed by atoms with E-state index < -0.39 is 0 Å². The zero-order valence-electron chi connectivity index (χ0n) is 11.2. The van der Waals surface area contributed by atoms with Crippen molar-refractivity contribution in [2.45, 2.75) is 65.0 Å². The molecule has 1 aliphatic carbocycles. The number of rotatable bonds is 3. The molecule has 3 unspecified atom stereocenters. The van der Waals surface area contributed by atoms with Crippen molar-refractivity contribution in [3.63, 3.8) is 0 Å². The fourth-order valence-corrected chi connectivity index (χ4v) is 3.43. The van der Waals surface area contributed by atoms with Crippen molar-refractivity contribution in [1.82, 2.24) is 4.90 Å². The van der Waals surface area contributed by atoms with Gasteiger partial charge in [-0.15, -0.1) is 0 Å². The molecule has 2 nitrogen and oxygen atoms in total. The molecule has 16 heavy (non-hydrogen) atoms. The summed E-state index contributed by atoms with van der Waals surface area (Å²) in [5.74, 6) is 0.655. The van der Waals surface area contributed by atoms with Gasteiger partial charge in [0.1, 0.15) is 0 Å². The van der Waals surface area contributed by atoms with Crippen LogP contribution in [0.15, 0.2) is 0 Å². The highest BCUT2D eigenvalue weighted by molar-refractivity contribution is 4.94. The summed E-state index contributed by atoms with van der Waals surface area (Å²) in [5.41, 5.74) is 6.81. The van der Waals surface area contributed by atoms with E-state index in [2.05, 4.69) is 25.7 Å². The fraction of sp³-hybridized carbons (Fsp3) is 1.00. The zero-order chi connectivity index (χ0) is 11.8. The maximum atomic E-state index is 6.15. The lowest BCUT2D eigenvalue weighted by Crippen LogP contribution is -2.55. The summed E-state index contributed by atoms with van der Waals surface area (Å²) in [4.78, 5) is 2.71. The minimum absolute atomic E-state index is 0.421. The monoisotopic (exact) mass is 224 g/mol. The molecule has 3 atom stereocenters. The Hall–Kier alpha value is -0.0800. The first kappa shape index (κ1) is 12.4. The maximum Gasteiger partial charge on any atom is 0.0108 e. The predicted octanol–water partition coefficient (Wildman–Crippen LogP) is 2.62. The van der Waals surface area contributed by atoms with Crippen molar-refractivity contribution < 1.29 is 0 Å². The van der Waals surface area contributed by atoms with E-state index in [0.717, 1.165) is 0 Å². The largest absolute Gasteiger partial charge is 0.327 e. The molecule has 2 N–H and O–H groups in total. The van der Waals surface area contributed by atoms with E-state index in [0.29, 0.717) is 23.4 Å². The first-order valence-electron chi connectivity index (χ1n) is 7.07. The van der Waals surface area contributed by atoms with Crippen molar-refractivity contribution in [3.05, 3.63) is 0 Å². The molecule has 0 aromatic rings. The van der Waals surface area contributed by atoms with Crippen LogP contribution >= 0.6 is 0 Å². The van der Waals surface area contributed by atoms with E-state index in [-0.39, 0.29) is 0 Å². The molecule has 1 aliphatic heterocycles. The lowest BCUT2D eigenvalue weighted by molar-refractivity contribution is 0.00907. The van der Waals surface area contributed by atoms with Crippen LogP contribution in [-0.4, -0.2) is 30.1 Å². The van der Waals surface area contributed by atoms with Gasteiger partial charge in [0.25, 0.3) is 0 Å². The first-order chi connectivity index (χ1) is 7.58. The van der Waals surface area contributed by atoms with Crippen molar-refractivity contribution >= 4 is 0 Å². The Balaban J connectivity index is 1.94. The van der Waals surface area contributed by atoms with Gasteiger partial charge in [-0.05, 0) is 50.5 Å². The number of nitrogens with two attached hydrogens (primary N) is 1. The van der Waals surface area contributed by atoms with Crippen LogP contribution in [0.1, 0.15) is 52.9 Å². The molecule has 0 spiro atoms. The third-order valence-corrected chi connectivity index (χ3v) is 5.46. The van der Waals surface area contributed by atoms with Crippen molar-refractivity contribution in [3.8, 4) is 0 Å². The van der Waals surface area contributed by atoms with Gasteiger partial charge in [0.05, 0.1) is 0 Å². The predicted molar refractivity (Wildman–Crippen MR) is 69.4 cm³/mol. The third kappa shape index (κ3) is 2.14. The summed E-state index contributed by atoms with van der Waals surface area (Å²) < 4.78 is 0. The average molecular weight is 224 g/mol. The van der Waals surface area contributed by atoms with Gasteiger partial charge in [-0.25, -0.2) is 0 Å². The molecule has 1 heterocycles. The van der Waals surface area contributed by atoms with E-state index in [9.17, 15) is 0 Å². The van der Waals surface area contributed by atoms with Crippen LogP contribution in [-0.2, 0) is 0 Å². The molecular formula is C14H28N2.